The van der Waals surface area contributed by atoms with E-state index in [-0.39, 0.29) is 24.2 Å². The molecule has 1 saturated heterocycles. The number of hydrazine groups is 1. The Kier molecular flexibility index (Phi) is 9.21. The van der Waals surface area contributed by atoms with Crippen LogP contribution in [0.15, 0.2) is 24.3 Å². The Morgan fingerprint density at radius 1 is 1.14 bits per heavy atom. The third-order valence-corrected chi connectivity index (χ3v) is 4.71. The van der Waals surface area contributed by atoms with Gasteiger partial charge >= 0.3 is 12.0 Å². The maximum Gasteiger partial charge on any atom is 0.340 e. The van der Waals surface area contributed by atoms with Crippen LogP contribution >= 0.6 is 12.4 Å². The van der Waals surface area contributed by atoms with Crippen molar-refractivity contribution < 1.29 is 19.1 Å². The van der Waals surface area contributed by atoms with Crippen LogP contribution in [0.25, 0.3) is 0 Å². The Bertz CT molecular complexity index is 683. The predicted octanol–water partition coefficient (Wildman–Crippen LogP) is 2.64. The van der Waals surface area contributed by atoms with Crippen molar-refractivity contribution in [1.29, 1.82) is 0 Å². The van der Waals surface area contributed by atoms with Crippen molar-refractivity contribution in [2.75, 3.05) is 25.0 Å². The molecule has 3 amide bonds. The molecule has 1 aliphatic heterocycles. The van der Waals surface area contributed by atoms with Gasteiger partial charge in [-0.1, -0.05) is 20.3 Å². The third-order valence-electron chi connectivity index (χ3n) is 4.71. The number of hydrogen-bond donors (Lipinski definition) is 2. The normalized spacial score (nSPS) is 15.4. The summed E-state index contributed by atoms with van der Waals surface area (Å²) in [7, 11) is 0. The summed E-state index contributed by atoms with van der Waals surface area (Å²) >= 11 is 0. The number of hydrogen-bond acceptors (Lipinski definition) is 5. The lowest BCUT2D eigenvalue weighted by Gasteiger charge is -2.31. The molecule has 1 aromatic carbocycles. The number of rotatable bonds is 6. The minimum Gasteiger partial charge on any atom is -0.462 e. The van der Waals surface area contributed by atoms with Gasteiger partial charge in [-0.25, -0.2) is 19.6 Å². The van der Waals surface area contributed by atoms with Crippen LogP contribution < -0.4 is 11.1 Å². The number of carbonyl (C=O) groups excluding carboxylic acids is 3. The molecule has 1 heterocycles. The molecule has 1 unspecified atom stereocenters. The van der Waals surface area contributed by atoms with Gasteiger partial charge in [-0.15, -0.1) is 12.4 Å². The molecule has 0 aliphatic carbocycles. The molecule has 2 rings (SSSR count). The fourth-order valence-corrected chi connectivity index (χ4v) is 2.81. The van der Waals surface area contributed by atoms with Crippen LogP contribution in [0.4, 0.5) is 10.5 Å². The summed E-state index contributed by atoms with van der Waals surface area (Å²) < 4.78 is 4.93. The molecule has 0 aromatic heterocycles. The Hall–Kier alpha value is -2.32. The number of amides is 3. The second-order valence-electron chi connectivity index (χ2n) is 6.58. The van der Waals surface area contributed by atoms with E-state index in [1.165, 1.54) is 10.0 Å². The molecule has 1 aliphatic rings. The first-order chi connectivity index (χ1) is 12.9. The van der Waals surface area contributed by atoms with Crippen LogP contribution in [0.3, 0.4) is 0 Å². The molecule has 9 heteroatoms. The molecule has 156 valence electrons. The zero-order valence-corrected chi connectivity index (χ0v) is 17.3. The summed E-state index contributed by atoms with van der Waals surface area (Å²) in [6.07, 6.45) is 1.49. The molecule has 0 radical (unpaired) electrons. The highest BCUT2D eigenvalue weighted by Gasteiger charge is 2.34. The molecule has 1 fully saturated rings. The van der Waals surface area contributed by atoms with E-state index in [1.54, 1.807) is 31.2 Å². The van der Waals surface area contributed by atoms with Gasteiger partial charge in [-0.2, -0.15) is 0 Å². The fraction of sp³-hybridized carbons (Fsp3) is 0.526. The summed E-state index contributed by atoms with van der Waals surface area (Å²) in [6, 6.07) is 5.38. The van der Waals surface area contributed by atoms with E-state index in [4.69, 9.17) is 10.5 Å². The van der Waals surface area contributed by atoms with Crippen LogP contribution in [-0.4, -0.2) is 53.7 Å². The number of nitrogens with two attached hydrogens (primary N) is 1. The van der Waals surface area contributed by atoms with Crippen LogP contribution in [0.2, 0.25) is 0 Å². The third kappa shape index (κ3) is 5.59. The minimum absolute atomic E-state index is 0. The molecule has 0 saturated carbocycles. The summed E-state index contributed by atoms with van der Waals surface area (Å²) in [5, 5.41) is 5.57. The number of benzene rings is 1. The number of urea groups is 1. The number of ether oxygens (including phenoxy) is 1. The highest BCUT2D eigenvalue weighted by Crippen LogP contribution is 2.18. The first-order valence-electron chi connectivity index (χ1n) is 9.31. The molecule has 0 bridgehead atoms. The van der Waals surface area contributed by atoms with E-state index in [9.17, 15) is 14.4 Å². The van der Waals surface area contributed by atoms with Crippen LogP contribution in [-0.2, 0) is 9.53 Å². The standard InChI is InChI=1S/C19H28N4O4.ClH/c1-4-13(3)16(20)17(24)22-11-6-12-23(22)19(26)21-15-9-7-14(8-10-15)18(25)27-5-2;/h7-10,13,16H,4-6,11-12,20H2,1-3H3,(H,21,26);1H/t13?,16-;/m0./s1. The van der Waals surface area contributed by atoms with E-state index < -0.39 is 18.0 Å². The van der Waals surface area contributed by atoms with E-state index in [1.807, 2.05) is 13.8 Å². The van der Waals surface area contributed by atoms with Crippen molar-refractivity contribution in [1.82, 2.24) is 10.0 Å². The summed E-state index contributed by atoms with van der Waals surface area (Å²) in [4.78, 5) is 36.9. The predicted molar refractivity (Wildman–Crippen MR) is 109 cm³/mol. The molecule has 1 aromatic rings. The molecule has 3 N–H and O–H groups in total. The number of anilines is 1. The van der Waals surface area contributed by atoms with Gasteiger partial charge in [-0.05, 0) is 43.5 Å². The second-order valence-corrected chi connectivity index (χ2v) is 6.58. The zero-order valence-electron chi connectivity index (χ0n) is 16.5. The first-order valence-corrected chi connectivity index (χ1v) is 9.31. The van der Waals surface area contributed by atoms with Gasteiger partial charge in [0, 0.05) is 18.8 Å². The van der Waals surface area contributed by atoms with Gasteiger partial charge < -0.3 is 15.8 Å². The van der Waals surface area contributed by atoms with Gasteiger partial charge in [0.25, 0.3) is 5.91 Å². The van der Waals surface area contributed by atoms with E-state index in [2.05, 4.69) is 5.32 Å². The van der Waals surface area contributed by atoms with Crippen molar-refractivity contribution in [3.05, 3.63) is 29.8 Å². The molecule has 8 nitrogen and oxygen atoms in total. The molecule has 2 atom stereocenters. The SMILES string of the molecule is CCOC(=O)c1ccc(NC(=O)N2CCCN2C(=O)[C@@H](N)C(C)CC)cc1.Cl. The van der Waals surface area contributed by atoms with Gasteiger partial charge in [0.05, 0.1) is 18.2 Å². The number of halogens is 1. The summed E-state index contributed by atoms with van der Waals surface area (Å²) in [5.41, 5.74) is 6.98. The Labute approximate surface area is 171 Å². The molecule has 28 heavy (non-hydrogen) atoms. The number of nitrogens with one attached hydrogen (secondary N) is 1. The number of nitrogens with zero attached hydrogens (tertiary/aromatic N) is 2. The van der Waals surface area contributed by atoms with E-state index >= 15 is 0 Å². The maximum absolute atomic E-state index is 12.6. The average Bonchev–Trinajstić information content (AvgIpc) is 3.16. The van der Waals surface area contributed by atoms with Crippen molar-refractivity contribution in [3.8, 4) is 0 Å². The van der Waals surface area contributed by atoms with Crippen LogP contribution in [0.5, 0.6) is 0 Å². The van der Waals surface area contributed by atoms with Crippen molar-refractivity contribution in [3.63, 3.8) is 0 Å². The Morgan fingerprint density at radius 3 is 2.32 bits per heavy atom. The summed E-state index contributed by atoms with van der Waals surface area (Å²) in [5.74, 6) is -0.612. The van der Waals surface area contributed by atoms with Gasteiger partial charge in [0.2, 0.25) is 0 Å². The monoisotopic (exact) mass is 412 g/mol. The number of carbonyl (C=O) groups is 3. The highest BCUT2D eigenvalue weighted by molar-refractivity contribution is 5.93. The molecular formula is C19H29ClN4O4. The van der Waals surface area contributed by atoms with Gasteiger partial charge in [-0.3, -0.25) is 4.79 Å². The van der Waals surface area contributed by atoms with Crippen molar-refractivity contribution in [2.24, 2.45) is 11.7 Å². The maximum atomic E-state index is 12.6. The lowest BCUT2D eigenvalue weighted by molar-refractivity contribution is -0.142. The Balaban J connectivity index is 0.00000392. The van der Waals surface area contributed by atoms with Gasteiger partial charge in [0.1, 0.15) is 0 Å². The highest BCUT2D eigenvalue weighted by atomic mass is 35.5. The van der Waals surface area contributed by atoms with Crippen LogP contribution in [0.1, 0.15) is 44.0 Å². The lowest BCUT2D eigenvalue weighted by atomic mass is 9.99. The quantitative estimate of drug-likeness (QED) is 0.699. The number of esters is 1. The van der Waals surface area contributed by atoms with Crippen molar-refractivity contribution >= 4 is 36.0 Å². The van der Waals surface area contributed by atoms with E-state index in [0.29, 0.717) is 37.4 Å². The second kappa shape index (κ2) is 10.9. The largest absolute Gasteiger partial charge is 0.462 e. The fourth-order valence-electron chi connectivity index (χ4n) is 2.81. The zero-order chi connectivity index (χ0) is 20.0. The van der Waals surface area contributed by atoms with Crippen LogP contribution in [0, 0.1) is 5.92 Å². The minimum atomic E-state index is -0.632. The lowest BCUT2D eigenvalue weighted by Crippen LogP contribution is -2.53. The van der Waals surface area contributed by atoms with Gasteiger partial charge in [0.15, 0.2) is 0 Å². The first kappa shape index (κ1) is 23.7. The molecule has 0 spiro atoms. The topological polar surface area (TPSA) is 105 Å². The van der Waals surface area contributed by atoms with E-state index in [0.717, 1.165) is 6.42 Å². The average molecular weight is 413 g/mol. The Morgan fingerprint density at radius 2 is 1.75 bits per heavy atom. The van der Waals surface area contributed by atoms with Crippen molar-refractivity contribution in [2.45, 2.75) is 39.7 Å². The molecular weight excluding hydrogens is 384 g/mol. The summed E-state index contributed by atoms with van der Waals surface area (Å²) in [6.45, 7) is 6.86. The smallest absolute Gasteiger partial charge is 0.340 e.